The maximum absolute atomic E-state index is 12.5. The average molecular weight is 504 g/mol. The molecule has 0 saturated carbocycles. The fourth-order valence-electron chi connectivity index (χ4n) is 3.32. The number of carboxylic acid groups (broad SMARTS) is 1. The highest BCUT2D eigenvalue weighted by atomic mass is 32.2. The van der Waals surface area contributed by atoms with E-state index in [2.05, 4.69) is 15.6 Å². The molecule has 0 aliphatic heterocycles. The van der Waals surface area contributed by atoms with E-state index in [0.717, 1.165) is 21.0 Å². The number of thioether (sulfide) groups is 1. The number of aromatic nitrogens is 1. The number of nitrogens with one attached hydrogen (secondary N) is 2. The molecule has 4 aromatic rings. The van der Waals surface area contributed by atoms with Gasteiger partial charge in [0.1, 0.15) is 0 Å². The molecule has 0 bridgehead atoms. The number of rotatable bonds is 8. The Morgan fingerprint density at radius 2 is 1.54 bits per heavy atom. The summed E-state index contributed by atoms with van der Waals surface area (Å²) in [6.07, 6.45) is 0. The van der Waals surface area contributed by atoms with E-state index in [1.165, 1.54) is 35.2 Å². The normalized spacial score (nSPS) is 10.5. The van der Waals surface area contributed by atoms with Crippen LogP contribution in [-0.2, 0) is 4.79 Å². The van der Waals surface area contributed by atoms with E-state index in [0.29, 0.717) is 10.8 Å². The number of aromatic carboxylic acids is 1. The zero-order valence-electron chi connectivity index (χ0n) is 18.6. The summed E-state index contributed by atoms with van der Waals surface area (Å²) in [6, 6.07) is 22.9. The van der Waals surface area contributed by atoms with Crippen molar-refractivity contribution in [3.63, 3.8) is 0 Å². The standard InChI is InChI=1S/C26H21N3O4S2/c1-16-23(17-7-3-2-4-8-17)29-26(35-16)28-22(30)15-34-19-13-11-18(12-14-19)27-24(31)20-9-5-6-10-21(20)25(32)33/h2-14H,15H2,1H3,(H,27,31)(H,32,33)(H,28,29,30). The Balaban J connectivity index is 1.31. The van der Waals surface area contributed by atoms with Crippen LogP contribution < -0.4 is 10.6 Å². The van der Waals surface area contributed by atoms with Crippen LogP contribution in [0.15, 0.2) is 83.8 Å². The van der Waals surface area contributed by atoms with E-state index in [1.54, 1.807) is 36.4 Å². The third-order valence-electron chi connectivity index (χ3n) is 4.97. The van der Waals surface area contributed by atoms with Crippen LogP contribution in [0.3, 0.4) is 0 Å². The molecule has 1 heterocycles. The second kappa shape index (κ2) is 11.0. The van der Waals surface area contributed by atoms with E-state index >= 15 is 0 Å². The lowest BCUT2D eigenvalue weighted by Gasteiger charge is -2.08. The van der Waals surface area contributed by atoms with Crippen LogP contribution in [0.2, 0.25) is 0 Å². The second-order valence-corrected chi connectivity index (χ2v) is 9.71. The van der Waals surface area contributed by atoms with E-state index in [1.807, 2.05) is 37.3 Å². The van der Waals surface area contributed by atoms with Crippen LogP contribution >= 0.6 is 23.1 Å². The molecule has 0 radical (unpaired) electrons. The minimum Gasteiger partial charge on any atom is -0.478 e. The lowest BCUT2D eigenvalue weighted by molar-refractivity contribution is -0.113. The van der Waals surface area contributed by atoms with E-state index in [9.17, 15) is 19.5 Å². The van der Waals surface area contributed by atoms with Crippen LogP contribution in [0.1, 0.15) is 25.6 Å². The minimum absolute atomic E-state index is 0.0606. The summed E-state index contributed by atoms with van der Waals surface area (Å²) in [5.41, 5.74) is 2.42. The first-order valence-electron chi connectivity index (χ1n) is 10.6. The van der Waals surface area contributed by atoms with Gasteiger partial charge in [0.05, 0.1) is 22.6 Å². The van der Waals surface area contributed by atoms with E-state index in [-0.39, 0.29) is 22.8 Å². The van der Waals surface area contributed by atoms with Crippen molar-refractivity contribution in [1.82, 2.24) is 4.98 Å². The van der Waals surface area contributed by atoms with Gasteiger partial charge < -0.3 is 15.7 Å². The van der Waals surface area contributed by atoms with Crippen molar-refractivity contribution in [2.75, 3.05) is 16.4 Å². The summed E-state index contributed by atoms with van der Waals surface area (Å²) in [7, 11) is 0. The molecule has 0 aliphatic carbocycles. The largest absolute Gasteiger partial charge is 0.478 e. The van der Waals surface area contributed by atoms with E-state index < -0.39 is 11.9 Å². The number of benzene rings is 3. The van der Waals surface area contributed by atoms with Crippen LogP contribution in [-0.4, -0.2) is 33.6 Å². The van der Waals surface area contributed by atoms with Gasteiger partial charge in [0, 0.05) is 21.0 Å². The highest BCUT2D eigenvalue weighted by Gasteiger charge is 2.16. The molecule has 1 aromatic heterocycles. The molecule has 3 aromatic carbocycles. The van der Waals surface area contributed by atoms with Gasteiger partial charge in [-0.05, 0) is 43.3 Å². The molecular weight excluding hydrogens is 482 g/mol. The molecule has 0 atom stereocenters. The fourth-order valence-corrected chi connectivity index (χ4v) is 4.87. The Kier molecular flexibility index (Phi) is 7.59. The molecule has 35 heavy (non-hydrogen) atoms. The molecule has 3 N–H and O–H groups in total. The summed E-state index contributed by atoms with van der Waals surface area (Å²) in [5.74, 6) is -1.62. The SMILES string of the molecule is Cc1sc(NC(=O)CSc2ccc(NC(=O)c3ccccc3C(=O)O)cc2)nc1-c1ccccc1. The first-order chi connectivity index (χ1) is 16.9. The summed E-state index contributed by atoms with van der Waals surface area (Å²) in [6.45, 7) is 1.98. The third kappa shape index (κ3) is 6.14. The highest BCUT2D eigenvalue weighted by Crippen LogP contribution is 2.30. The van der Waals surface area contributed by atoms with Crippen molar-refractivity contribution in [2.45, 2.75) is 11.8 Å². The molecular formula is C26H21N3O4S2. The first kappa shape index (κ1) is 24.2. The van der Waals surface area contributed by atoms with Crippen molar-refractivity contribution in [1.29, 1.82) is 0 Å². The van der Waals surface area contributed by atoms with Gasteiger partial charge in [0.25, 0.3) is 5.91 Å². The number of carbonyl (C=O) groups excluding carboxylic acids is 2. The van der Waals surface area contributed by atoms with Crippen molar-refractivity contribution in [2.24, 2.45) is 0 Å². The van der Waals surface area contributed by atoms with E-state index in [4.69, 9.17) is 0 Å². The second-order valence-electron chi connectivity index (χ2n) is 7.46. The molecule has 0 unspecified atom stereocenters. The summed E-state index contributed by atoms with van der Waals surface area (Å²) >= 11 is 2.80. The number of amides is 2. The number of aryl methyl sites for hydroxylation is 1. The fraction of sp³-hybridized carbons (Fsp3) is 0.0769. The number of hydrogen-bond donors (Lipinski definition) is 3. The Morgan fingerprint density at radius 3 is 2.23 bits per heavy atom. The summed E-state index contributed by atoms with van der Waals surface area (Å²) in [4.78, 5) is 42.7. The summed E-state index contributed by atoms with van der Waals surface area (Å²) < 4.78 is 0. The molecule has 0 saturated heterocycles. The Hall–Kier alpha value is -3.95. The van der Waals surface area contributed by atoms with Gasteiger partial charge in [-0.3, -0.25) is 9.59 Å². The molecule has 7 nitrogen and oxygen atoms in total. The number of anilines is 2. The lowest BCUT2D eigenvalue weighted by atomic mass is 10.1. The predicted molar refractivity (Wildman–Crippen MR) is 139 cm³/mol. The zero-order chi connectivity index (χ0) is 24.8. The minimum atomic E-state index is -1.16. The molecule has 176 valence electrons. The Morgan fingerprint density at radius 1 is 0.886 bits per heavy atom. The maximum atomic E-state index is 12.5. The van der Waals surface area contributed by atoms with Crippen molar-refractivity contribution in [3.8, 4) is 11.3 Å². The lowest BCUT2D eigenvalue weighted by Crippen LogP contribution is -2.16. The number of carbonyl (C=O) groups is 3. The Bertz CT molecular complexity index is 1370. The van der Waals surface area contributed by atoms with Crippen molar-refractivity contribution in [3.05, 3.63) is 94.9 Å². The van der Waals surface area contributed by atoms with Gasteiger partial charge in [-0.2, -0.15) is 0 Å². The number of thiazole rings is 1. The highest BCUT2D eigenvalue weighted by molar-refractivity contribution is 8.00. The number of carboxylic acids is 1. The maximum Gasteiger partial charge on any atom is 0.336 e. The Labute approximate surface area is 210 Å². The quantitative estimate of drug-likeness (QED) is 0.262. The van der Waals surface area contributed by atoms with Crippen LogP contribution in [0, 0.1) is 6.92 Å². The number of hydrogen-bond acceptors (Lipinski definition) is 6. The molecule has 0 fully saturated rings. The van der Waals surface area contributed by atoms with Crippen LogP contribution in [0.5, 0.6) is 0 Å². The first-order valence-corrected chi connectivity index (χ1v) is 12.4. The van der Waals surface area contributed by atoms with Gasteiger partial charge in [-0.25, -0.2) is 9.78 Å². The van der Waals surface area contributed by atoms with Gasteiger partial charge in [-0.1, -0.05) is 42.5 Å². The topological polar surface area (TPSA) is 108 Å². The van der Waals surface area contributed by atoms with Gasteiger partial charge >= 0.3 is 5.97 Å². The molecule has 9 heteroatoms. The smallest absolute Gasteiger partial charge is 0.336 e. The zero-order valence-corrected chi connectivity index (χ0v) is 20.3. The average Bonchev–Trinajstić information content (AvgIpc) is 3.23. The predicted octanol–water partition coefficient (Wildman–Crippen LogP) is 5.80. The van der Waals surface area contributed by atoms with Gasteiger partial charge in [0.15, 0.2) is 5.13 Å². The van der Waals surface area contributed by atoms with Crippen molar-refractivity contribution < 1.29 is 19.5 Å². The van der Waals surface area contributed by atoms with Gasteiger partial charge in [-0.15, -0.1) is 23.1 Å². The van der Waals surface area contributed by atoms with Crippen LogP contribution in [0.4, 0.5) is 10.8 Å². The van der Waals surface area contributed by atoms with Gasteiger partial charge in [0.2, 0.25) is 5.91 Å². The monoisotopic (exact) mass is 503 g/mol. The van der Waals surface area contributed by atoms with Crippen LogP contribution in [0.25, 0.3) is 11.3 Å². The molecule has 2 amide bonds. The molecule has 0 aliphatic rings. The third-order valence-corrected chi connectivity index (χ3v) is 6.87. The molecule has 0 spiro atoms. The molecule has 4 rings (SSSR count). The summed E-state index contributed by atoms with van der Waals surface area (Å²) in [5, 5.41) is 15.4. The van der Waals surface area contributed by atoms with Crippen molar-refractivity contribution >= 4 is 51.7 Å². The number of nitrogens with zero attached hydrogens (tertiary/aromatic N) is 1.